The number of halogens is 1. The van der Waals surface area contributed by atoms with Gasteiger partial charge in [-0.3, -0.25) is 4.79 Å². The van der Waals surface area contributed by atoms with Crippen LogP contribution in [0.4, 0.5) is 10.1 Å². The van der Waals surface area contributed by atoms with Crippen molar-refractivity contribution in [3.63, 3.8) is 0 Å². The number of rotatable bonds is 6. The quantitative estimate of drug-likeness (QED) is 0.322. The highest BCUT2D eigenvalue weighted by molar-refractivity contribution is 6.07. The van der Waals surface area contributed by atoms with Crippen molar-refractivity contribution in [2.45, 2.75) is 13.1 Å². The third-order valence-electron chi connectivity index (χ3n) is 5.47. The number of aromatic nitrogens is 1. The standard InChI is InChI=1S/C27H21FN2O2/c28-22-11-7-10-21(16-22)19-30-24-14-15-32-26(24)17-25(30)27(31)29(23-12-5-2-6-13-23)18-20-8-3-1-4-9-20/h1-17H,18-19H2. The van der Waals surface area contributed by atoms with Crippen LogP contribution in [0.5, 0.6) is 0 Å². The summed E-state index contributed by atoms with van der Waals surface area (Å²) in [6, 6.07) is 29.5. The Hall–Kier alpha value is -4.12. The summed E-state index contributed by atoms with van der Waals surface area (Å²) in [5, 5.41) is 0. The van der Waals surface area contributed by atoms with E-state index in [1.165, 1.54) is 12.1 Å². The minimum absolute atomic E-state index is 0.150. The van der Waals surface area contributed by atoms with Crippen molar-refractivity contribution in [2.24, 2.45) is 0 Å². The fourth-order valence-corrected chi connectivity index (χ4v) is 3.94. The molecule has 0 aliphatic carbocycles. The molecule has 0 bridgehead atoms. The van der Waals surface area contributed by atoms with Gasteiger partial charge in [-0.1, -0.05) is 60.7 Å². The third kappa shape index (κ3) is 3.93. The summed E-state index contributed by atoms with van der Waals surface area (Å²) in [4.78, 5) is 15.6. The molecule has 32 heavy (non-hydrogen) atoms. The van der Waals surface area contributed by atoms with E-state index in [4.69, 9.17) is 4.42 Å². The lowest BCUT2D eigenvalue weighted by molar-refractivity contribution is 0.0977. The first-order chi connectivity index (χ1) is 15.7. The molecule has 5 aromatic rings. The number of nitrogens with zero attached hydrogens (tertiary/aromatic N) is 2. The van der Waals surface area contributed by atoms with Gasteiger partial charge in [-0.25, -0.2) is 4.39 Å². The van der Waals surface area contributed by atoms with Gasteiger partial charge in [0.25, 0.3) is 5.91 Å². The van der Waals surface area contributed by atoms with Gasteiger partial charge in [0.05, 0.1) is 18.3 Å². The van der Waals surface area contributed by atoms with Crippen molar-refractivity contribution in [2.75, 3.05) is 4.90 Å². The first kappa shape index (κ1) is 19.8. The molecular formula is C27H21FN2O2. The van der Waals surface area contributed by atoms with E-state index in [1.807, 2.05) is 77.4 Å². The number of amides is 1. The van der Waals surface area contributed by atoms with Crippen molar-refractivity contribution in [1.29, 1.82) is 0 Å². The van der Waals surface area contributed by atoms with E-state index in [2.05, 4.69) is 0 Å². The van der Waals surface area contributed by atoms with E-state index in [1.54, 1.807) is 23.3 Å². The average Bonchev–Trinajstić information content (AvgIpc) is 3.41. The molecular weight excluding hydrogens is 403 g/mol. The zero-order chi connectivity index (χ0) is 21.9. The second-order valence-electron chi connectivity index (χ2n) is 7.63. The Bertz CT molecular complexity index is 1360. The molecule has 5 rings (SSSR count). The second-order valence-corrected chi connectivity index (χ2v) is 7.63. The Kier molecular flexibility index (Phi) is 5.30. The number of hydrogen-bond acceptors (Lipinski definition) is 2. The van der Waals surface area contributed by atoms with Gasteiger partial charge in [0.2, 0.25) is 0 Å². The van der Waals surface area contributed by atoms with Crippen molar-refractivity contribution >= 4 is 22.7 Å². The largest absolute Gasteiger partial charge is 0.463 e. The molecule has 5 heteroatoms. The minimum atomic E-state index is -0.305. The summed E-state index contributed by atoms with van der Waals surface area (Å²) >= 11 is 0. The number of hydrogen-bond donors (Lipinski definition) is 0. The predicted octanol–water partition coefficient (Wildman–Crippen LogP) is 6.27. The van der Waals surface area contributed by atoms with Crippen LogP contribution in [0.2, 0.25) is 0 Å². The maximum absolute atomic E-state index is 13.9. The van der Waals surface area contributed by atoms with Crippen LogP contribution in [0.3, 0.4) is 0 Å². The lowest BCUT2D eigenvalue weighted by Gasteiger charge is -2.24. The van der Waals surface area contributed by atoms with Crippen molar-refractivity contribution in [3.8, 4) is 0 Å². The highest BCUT2D eigenvalue weighted by Gasteiger charge is 2.24. The minimum Gasteiger partial charge on any atom is -0.463 e. The number of para-hydroxylation sites is 1. The molecule has 0 unspecified atom stereocenters. The topological polar surface area (TPSA) is 38.4 Å². The first-order valence-corrected chi connectivity index (χ1v) is 10.4. The normalized spacial score (nSPS) is 11.0. The summed E-state index contributed by atoms with van der Waals surface area (Å²) in [6.07, 6.45) is 1.60. The van der Waals surface area contributed by atoms with Crippen LogP contribution in [0.25, 0.3) is 11.1 Å². The molecule has 0 spiro atoms. The Morgan fingerprint density at radius 1 is 0.844 bits per heavy atom. The Morgan fingerprint density at radius 3 is 2.31 bits per heavy atom. The lowest BCUT2D eigenvalue weighted by atomic mass is 10.1. The first-order valence-electron chi connectivity index (χ1n) is 10.4. The van der Waals surface area contributed by atoms with Gasteiger partial charge in [-0.2, -0.15) is 0 Å². The summed E-state index contributed by atoms with van der Waals surface area (Å²) in [7, 11) is 0. The van der Waals surface area contributed by atoms with Crippen LogP contribution in [-0.2, 0) is 13.1 Å². The maximum Gasteiger partial charge on any atom is 0.275 e. The summed E-state index contributed by atoms with van der Waals surface area (Å²) < 4.78 is 21.3. The fraction of sp³-hybridized carbons (Fsp3) is 0.0741. The molecule has 0 atom stereocenters. The number of carbonyl (C=O) groups is 1. The Labute approximate surface area is 185 Å². The zero-order valence-corrected chi connectivity index (χ0v) is 17.3. The van der Waals surface area contributed by atoms with E-state index in [0.29, 0.717) is 24.4 Å². The SMILES string of the molecule is O=C(c1cc2occc2n1Cc1cccc(F)c1)N(Cc1ccccc1)c1ccccc1. The lowest BCUT2D eigenvalue weighted by Crippen LogP contribution is -2.32. The summed E-state index contributed by atoms with van der Waals surface area (Å²) in [5.74, 6) is -0.455. The number of carbonyl (C=O) groups excluding carboxylic acids is 1. The van der Waals surface area contributed by atoms with Gasteiger partial charge >= 0.3 is 0 Å². The maximum atomic E-state index is 13.9. The molecule has 0 aliphatic rings. The molecule has 4 nitrogen and oxygen atoms in total. The monoisotopic (exact) mass is 424 g/mol. The van der Waals surface area contributed by atoms with Gasteiger partial charge in [-0.15, -0.1) is 0 Å². The van der Waals surface area contributed by atoms with Gasteiger partial charge in [0, 0.05) is 24.4 Å². The number of furan rings is 1. The average molecular weight is 424 g/mol. The third-order valence-corrected chi connectivity index (χ3v) is 5.47. The molecule has 158 valence electrons. The molecule has 0 saturated carbocycles. The molecule has 3 aromatic carbocycles. The van der Waals surface area contributed by atoms with Gasteiger partial charge < -0.3 is 13.9 Å². The molecule has 0 radical (unpaired) electrons. The second kappa shape index (κ2) is 8.55. The number of anilines is 1. The van der Waals surface area contributed by atoms with E-state index < -0.39 is 0 Å². The Balaban J connectivity index is 1.58. The van der Waals surface area contributed by atoms with Crippen LogP contribution in [-0.4, -0.2) is 10.5 Å². The molecule has 0 fully saturated rings. The van der Waals surface area contributed by atoms with Crippen LogP contribution >= 0.6 is 0 Å². The van der Waals surface area contributed by atoms with Gasteiger partial charge in [0.15, 0.2) is 5.58 Å². The van der Waals surface area contributed by atoms with Gasteiger partial charge in [0.1, 0.15) is 11.5 Å². The summed E-state index contributed by atoms with van der Waals surface area (Å²) in [5.41, 5.74) is 4.51. The molecule has 2 heterocycles. The fourth-order valence-electron chi connectivity index (χ4n) is 3.94. The van der Waals surface area contributed by atoms with Crippen molar-refractivity contribution in [1.82, 2.24) is 4.57 Å². The van der Waals surface area contributed by atoms with Crippen molar-refractivity contribution < 1.29 is 13.6 Å². The summed E-state index contributed by atoms with van der Waals surface area (Å²) in [6.45, 7) is 0.784. The molecule has 1 amide bonds. The molecule has 2 aromatic heterocycles. The molecule has 0 N–H and O–H groups in total. The number of benzene rings is 3. The van der Waals surface area contributed by atoms with Crippen LogP contribution in [0.1, 0.15) is 21.6 Å². The van der Waals surface area contributed by atoms with Crippen LogP contribution in [0, 0.1) is 5.82 Å². The van der Waals surface area contributed by atoms with Crippen molar-refractivity contribution in [3.05, 3.63) is 126 Å². The van der Waals surface area contributed by atoms with E-state index >= 15 is 0 Å². The van der Waals surface area contributed by atoms with Crippen LogP contribution < -0.4 is 4.90 Å². The van der Waals surface area contributed by atoms with Gasteiger partial charge in [-0.05, 0) is 35.4 Å². The predicted molar refractivity (Wildman–Crippen MR) is 123 cm³/mol. The van der Waals surface area contributed by atoms with E-state index in [0.717, 1.165) is 22.3 Å². The highest BCUT2D eigenvalue weighted by Crippen LogP contribution is 2.26. The Morgan fingerprint density at radius 2 is 1.56 bits per heavy atom. The van der Waals surface area contributed by atoms with E-state index in [-0.39, 0.29) is 11.7 Å². The number of fused-ring (bicyclic) bond motifs is 1. The zero-order valence-electron chi connectivity index (χ0n) is 17.3. The molecule has 0 aliphatic heterocycles. The van der Waals surface area contributed by atoms with Crippen LogP contribution in [0.15, 0.2) is 108 Å². The molecule has 0 saturated heterocycles. The highest BCUT2D eigenvalue weighted by atomic mass is 19.1. The smallest absolute Gasteiger partial charge is 0.275 e. The van der Waals surface area contributed by atoms with E-state index in [9.17, 15) is 9.18 Å².